The molecule has 1 aromatic carbocycles. The first-order valence-electron chi connectivity index (χ1n) is 8.00. The molecule has 3 heteroatoms. The summed E-state index contributed by atoms with van der Waals surface area (Å²) in [6.07, 6.45) is 6.19. The summed E-state index contributed by atoms with van der Waals surface area (Å²) in [6, 6.07) is 6.68. The average molecular weight is 279 g/mol. The number of aromatic amines is 1. The molecule has 3 atom stereocenters. The molecular weight excluding hydrogens is 258 g/mol. The van der Waals surface area contributed by atoms with Crippen LogP contribution in [0.25, 0.3) is 15.7 Å². The van der Waals surface area contributed by atoms with Crippen molar-refractivity contribution in [2.75, 3.05) is 13.1 Å². The van der Waals surface area contributed by atoms with E-state index >= 15 is 0 Å². The number of hydrogen-bond acceptors (Lipinski definition) is 1. The van der Waals surface area contributed by atoms with E-state index in [-0.39, 0.29) is 0 Å². The Morgan fingerprint density at radius 3 is 2.90 bits per heavy atom. The molecule has 1 aliphatic heterocycles. The number of nitrogens with one attached hydrogen (secondary N) is 1. The van der Waals surface area contributed by atoms with Crippen LogP contribution in [-0.2, 0) is 0 Å². The lowest BCUT2D eigenvalue weighted by Crippen LogP contribution is -2.32. The second kappa shape index (κ2) is 4.89. The number of rotatable bonds is 3. The van der Waals surface area contributed by atoms with Crippen molar-refractivity contribution < 1.29 is 0 Å². The maximum absolute atomic E-state index is 7.19. The quantitative estimate of drug-likeness (QED) is 0.832. The molecule has 0 bridgehead atoms. The van der Waals surface area contributed by atoms with Gasteiger partial charge in [-0.3, -0.25) is 0 Å². The van der Waals surface area contributed by atoms with E-state index in [1.54, 1.807) is 0 Å². The Hall–Kier alpha value is -1.79. The van der Waals surface area contributed by atoms with Crippen molar-refractivity contribution in [3.63, 3.8) is 0 Å². The number of H-pyrrole nitrogens is 1. The SMILES string of the molecule is [C-]#[N+]c1ccc2[nH]cc(C3CC3C(C)N3CCCC3)c2c1. The van der Waals surface area contributed by atoms with Crippen LogP contribution in [0.4, 0.5) is 5.69 Å². The van der Waals surface area contributed by atoms with Gasteiger partial charge in [0.15, 0.2) is 5.69 Å². The van der Waals surface area contributed by atoms with Crippen molar-refractivity contribution in [3.8, 4) is 0 Å². The van der Waals surface area contributed by atoms with Crippen LogP contribution < -0.4 is 0 Å². The third-order valence-corrected chi connectivity index (χ3v) is 5.40. The predicted octanol–water partition coefficient (Wildman–Crippen LogP) is 4.31. The van der Waals surface area contributed by atoms with Gasteiger partial charge in [0.1, 0.15) is 0 Å². The van der Waals surface area contributed by atoms with E-state index in [1.165, 1.54) is 43.3 Å². The first kappa shape index (κ1) is 12.9. The van der Waals surface area contributed by atoms with Crippen molar-refractivity contribution in [1.29, 1.82) is 0 Å². The van der Waals surface area contributed by atoms with Crippen molar-refractivity contribution in [3.05, 3.63) is 41.4 Å². The lowest BCUT2D eigenvalue weighted by atomic mass is 10.0. The third kappa shape index (κ3) is 2.15. The number of likely N-dealkylation sites (tertiary alicyclic amines) is 1. The molecule has 2 fully saturated rings. The monoisotopic (exact) mass is 279 g/mol. The number of nitrogens with zero attached hydrogens (tertiary/aromatic N) is 2. The van der Waals surface area contributed by atoms with Gasteiger partial charge in [-0.05, 0) is 74.2 Å². The van der Waals surface area contributed by atoms with E-state index in [1.807, 2.05) is 18.2 Å². The van der Waals surface area contributed by atoms with Gasteiger partial charge in [-0.15, -0.1) is 0 Å². The molecule has 0 spiro atoms. The van der Waals surface area contributed by atoms with Crippen molar-refractivity contribution in [1.82, 2.24) is 9.88 Å². The van der Waals surface area contributed by atoms with Crippen molar-refractivity contribution in [2.45, 2.75) is 38.1 Å². The van der Waals surface area contributed by atoms with Crippen LogP contribution in [0.1, 0.15) is 37.7 Å². The Balaban J connectivity index is 1.59. The molecule has 1 aromatic heterocycles. The van der Waals surface area contributed by atoms with Crippen LogP contribution in [0.2, 0.25) is 0 Å². The molecule has 3 unspecified atom stereocenters. The predicted molar refractivity (Wildman–Crippen MR) is 85.7 cm³/mol. The van der Waals surface area contributed by atoms with Crippen molar-refractivity contribution in [2.24, 2.45) is 5.92 Å². The van der Waals surface area contributed by atoms with Crippen LogP contribution in [0.3, 0.4) is 0 Å². The summed E-state index contributed by atoms with van der Waals surface area (Å²) in [5.74, 6) is 1.47. The Morgan fingerprint density at radius 2 is 2.14 bits per heavy atom. The summed E-state index contributed by atoms with van der Waals surface area (Å²) in [4.78, 5) is 9.60. The smallest absolute Gasteiger partial charge is 0.187 e. The van der Waals surface area contributed by atoms with E-state index in [0.717, 1.165) is 17.1 Å². The standard InChI is InChI=1S/C18H21N3/c1-12(21-7-3-4-8-21)14-10-15(14)17-11-20-18-6-5-13(19-2)9-16(17)18/h5-6,9,11-12,14-15,20H,3-4,7-8,10H2,1H3. The Kier molecular flexibility index (Phi) is 3.01. The van der Waals surface area contributed by atoms with Crippen molar-refractivity contribution >= 4 is 16.6 Å². The molecule has 2 aliphatic rings. The Bertz CT molecular complexity index is 703. The highest BCUT2D eigenvalue weighted by Crippen LogP contribution is 2.53. The number of hydrogen-bond donors (Lipinski definition) is 1. The average Bonchev–Trinajstić information content (AvgIpc) is 2.95. The molecule has 3 nitrogen and oxygen atoms in total. The molecule has 1 saturated carbocycles. The molecular formula is C18H21N3. The fourth-order valence-corrected chi connectivity index (χ4v) is 4.03. The van der Waals surface area contributed by atoms with E-state index in [2.05, 4.69) is 27.8 Å². The van der Waals surface area contributed by atoms with Gasteiger partial charge in [-0.25, -0.2) is 4.85 Å². The van der Waals surface area contributed by atoms with Crippen LogP contribution in [0, 0.1) is 12.5 Å². The third-order valence-electron chi connectivity index (χ3n) is 5.40. The summed E-state index contributed by atoms with van der Waals surface area (Å²) in [7, 11) is 0. The molecule has 1 N–H and O–H groups in total. The highest BCUT2D eigenvalue weighted by atomic mass is 15.2. The molecule has 2 heterocycles. The molecule has 4 rings (SSSR count). The highest BCUT2D eigenvalue weighted by molar-refractivity contribution is 5.87. The van der Waals surface area contributed by atoms with Crippen LogP contribution in [0.5, 0.6) is 0 Å². The van der Waals surface area contributed by atoms with Gasteiger partial charge in [0, 0.05) is 17.8 Å². The van der Waals surface area contributed by atoms with Gasteiger partial charge >= 0.3 is 0 Å². The van der Waals surface area contributed by atoms with Crippen LogP contribution in [-0.4, -0.2) is 29.0 Å². The highest BCUT2D eigenvalue weighted by Gasteiger charge is 2.45. The molecule has 21 heavy (non-hydrogen) atoms. The summed E-state index contributed by atoms with van der Waals surface area (Å²) < 4.78 is 0. The first-order chi connectivity index (χ1) is 10.3. The largest absolute Gasteiger partial charge is 0.361 e. The fraction of sp³-hybridized carbons (Fsp3) is 0.500. The summed E-state index contributed by atoms with van der Waals surface area (Å²) in [6.45, 7) is 12.1. The van der Waals surface area contributed by atoms with Gasteiger partial charge in [0.2, 0.25) is 0 Å². The zero-order chi connectivity index (χ0) is 14.4. The number of benzene rings is 1. The normalized spacial score (nSPS) is 26.9. The molecule has 0 radical (unpaired) electrons. The second-order valence-electron chi connectivity index (χ2n) is 6.58. The van der Waals surface area contributed by atoms with Crippen LogP contribution >= 0.6 is 0 Å². The summed E-state index contributed by atoms with van der Waals surface area (Å²) in [5.41, 5.74) is 3.33. The minimum Gasteiger partial charge on any atom is -0.361 e. The first-order valence-corrected chi connectivity index (χ1v) is 8.00. The van der Waals surface area contributed by atoms with Gasteiger partial charge in [-0.2, -0.15) is 0 Å². The Morgan fingerprint density at radius 1 is 1.33 bits per heavy atom. The number of aromatic nitrogens is 1. The molecule has 2 aromatic rings. The maximum Gasteiger partial charge on any atom is 0.187 e. The van der Waals surface area contributed by atoms with E-state index in [0.29, 0.717) is 12.0 Å². The number of fused-ring (bicyclic) bond motifs is 1. The molecule has 1 saturated heterocycles. The minimum atomic E-state index is 0.676. The van der Waals surface area contributed by atoms with Gasteiger partial charge in [0.05, 0.1) is 6.57 Å². The minimum absolute atomic E-state index is 0.676. The zero-order valence-corrected chi connectivity index (χ0v) is 12.5. The zero-order valence-electron chi connectivity index (χ0n) is 12.5. The molecule has 0 amide bonds. The van der Waals surface area contributed by atoms with Gasteiger partial charge < -0.3 is 9.88 Å². The molecule has 108 valence electrons. The van der Waals surface area contributed by atoms with E-state index in [4.69, 9.17) is 6.57 Å². The van der Waals surface area contributed by atoms with Gasteiger partial charge in [0.25, 0.3) is 0 Å². The van der Waals surface area contributed by atoms with Crippen LogP contribution in [0.15, 0.2) is 24.4 Å². The summed E-state index contributed by atoms with van der Waals surface area (Å²) >= 11 is 0. The second-order valence-corrected chi connectivity index (χ2v) is 6.58. The lowest BCUT2D eigenvalue weighted by Gasteiger charge is -2.23. The molecule has 1 aliphatic carbocycles. The van der Waals surface area contributed by atoms with E-state index in [9.17, 15) is 0 Å². The topological polar surface area (TPSA) is 23.4 Å². The van der Waals surface area contributed by atoms with Gasteiger partial charge in [-0.1, -0.05) is 6.07 Å². The van der Waals surface area contributed by atoms with E-state index < -0.39 is 0 Å². The fourth-order valence-electron chi connectivity index (χ4n) is 4.03. The lowest BCUT2D eigenvalue weighted by molar-refractivity contribution is 0.233. The maximum atomic E-state index is 7.19. The summed E-state index contributed by atoms with van der Waals surface area (Å²) in [5, 5.41) is 1.25. The Labute approximate surface area is 125 Å².